The Morgan fingerprint density at radius 1 is 1.05 bits per heavy atom. The van der Waals surface area contributed by atoms with E-state index in [0.29, 0.717) is 12.4 Å². The normalized spacial score (nSPS) is 12.1. The van der Waals surface area contributed by atoms with Gasteiger partial charge in [-0.15, -0.1) is 0 Å². The fraction of sp³-hybridized carbons (Fsp3) is 0.333. The van der Waals surface area contributed by atoms with Gasteiger partial charge in [-0.1, -0.05) is 36.8 Å². The summed E-state index contributed by atoms with van der Waals surface area (Å²) in [6.45, 7) is 5.67. The van der Waals surface area contributed by atoms with E-state index < -0.39 is 0 Å². The number of halogens is 1. The van der Waals surface area contributed by atoms with Crippen molar-refractivity contribution in [3.05, 3.63) is 65.5 Å². The minimum Gasteiger partial charge on any atom is -0.492 e. The van der Waals surface area contributed by atoms with E-state index in [1.165, 1.54) is 23.3 Å². The molecule has 0 aromatic heterocycles. The zero-order valence-electron chi connectivity index (χ0n) is 12.6. The highest BCUT2D eigenvalue weighted by Crippen LogP contribution is 2.17. The lowest BCUT2D eigenvalue weighted by atomic mass is 10.1. The summed E-state index contributed by atoms with van der Waals surface area (Å²) in [5.74, 6) is 0.438. The van der Waals surface area contributed by atoms with E-state index in [0.717, 1.165) is 13.0 Å². The zero-order chi connectivity index (χ0) is 15.1. The van der Waals surface area contributed by atoms with Gasteiger partial charge < -0.3 is 10.1 Å². The van der Waals surface area contributed by atoms with Gasteiger partial charge in [-0.05, 0) is 49.7 Å². The van der Waals surface area contributed by atoms with Gasteiger partial charge in [0.15, 0.2) is 0 Å². The van der Waals surface area contributed by atoms with Crippen LogP contribution in [0.2, 0.25) is 0 Å². The maximum atomic E-state index is 12.9. The lowest BCUT2D eigenvalue weighted by Gasteiger charge is -2.20. The van der Waals surface area contributed by atoms with E-state index in [2.05, 4.69) is 43.4 Å². The summed E-state index contributed by atoms with van der Waals surface area (Å²) in [4.78, 5) is 0. The Hall–Kier alpha value is -1.87. The van der Waals surface area contributed by atoms with Crippen LogP contribution in [0.5, 0.6) is 5.75 Å². The monoisotopic (exact) mass is 287 g/mol. The molecule has 1 unspecified atom stereocenters. The van der Waals surface area contributed by atoms with Crippen LogP contribution in [0.25, 0.3) is 0 Å². The second-order valence-corrected chi connectivity index (χ2v) is 5.18. The van der Waals surface area contributed by atoms with Crippen LogP contribution >= 0.6 is 0 Å². The molecule has 0 spiro atoms. The Labute approximate surface area is 126 Å². The lowest BCUT2D eigenvalue weighted by molar-refractivity contribution is 0.266. The molecule has 2 rings (SSSR count). The molecule has 3 heteroatoms. The number of rotatable bonds is 7. The first kappa shape index (κ1) is 15.5. The van der Waals surface area contributed by atoms with Crippen LogP contribution in [0.4, 0.5) is 4.39 Å². The molecule has 0 amide bonds. The summed E-state index contributed by atoms with van der Waals surface area (Å²) in [6.07, 6.45) is 1.07. The first-order valence-electron chi connectivity index (χ1n) is 7.37. The largest absolute Gasteiger partial charge is 0.492 e. The van der Waals surface area contributed by atoms with Crippen LogP contribution < -0.4 is 10.1 Å². The van der Waals surface area contributed by atoms with Crippen molar-refractivity contribution in [2.75, 3.05) is 13.2 Å². The van der Waals surface area contributed by atoms with Crippen LogP contribution in [-0.2, 0) is 0 Å². The van der Waals surface area contributed by atoms with Crippen LogP contribution in [0.15, 0.2) is 48.5 Å². The molecule has 112 valence electrons. The number of aryl methyl sites for hydroxylation is 1. The molecule has 0 saturated heterocycles. The number of hydrogen-bond donors (Lipinski definition) is 1. The van der Waals surface area contributed by atoms with Crippen molar-refractivity contribution in [1.82, 2.24) is 5.32 Å². The molecule has 2 aromatic carbocycles. The Morgan fingerprint density at radius 3 is 2.33 bits per heavy atom. The number of nitrogens with one attached hydrogen (secondary N) is 1. The summed E-state index contributed by atoms with van der Waals surface area (Å²) in [5.41, 5.74) is 2.45. The topological polar surface area (TPSA) is 21.3 Å². The van der Waals surface area contributed by atoms with Crippen LogP contribution in [0, 0.1) is 12.7 Å². The summed E-state index contributed by atoms with van der Waals surface area (Å²) in [5, 5.41) is 3.49. The number of hydrogen-bond acceptors (Lipinski definition) is 2. The van der Waals surface area contributed by atoms with Gasteiger partial charge in [-0.25, -0.2) is 4.39 Å². The van der Waals surface area contributed by atoms with Crippen molar-refractivity contribution in [3.63, 3.8) is 0 Å². The molecule has 21 heavy (non-hydrogen) atoms. The Morgan fingerprint density at radius 2 is 1.71 bits per heavy atom. The second kappa shape index (κ2) is 7.79. The third-order valence-corrected chi connectivity index (χ3v) is 3.35. The molecular weight excluding hydrogens is 265 g/mol. The van der Waals surface area contributed by atoms with Crippen molar-refractivity contribution in [2.24, 2.45) is 0 Å². The molecule has 2 aromatic rings. The molecule has 0 heterocycles. The van der Waals surface area contributed by atoms with Crippen LogP contribution in [-0.4, -0.2) is 13.2 Å². The summed E-state index contributed by atoms with van der Waals surface area (Å²) >= 11 is 0. The van der Waals surface area contributed by atoms with Gasteiger partial charge in [0, 0.05) is 0 Å². The molecule has 0 radical (unpaired) electrons. The first-order chi connectivity index (χ1) is 10.2. The third-order valence-electron chi connectivity index (χ3n) is 3.35. The van der Waals surface area contributed by atoms with Gasteiger partial charge in [0.05, 0.1) is 6.04 Å². The minimum atomic E-state index is -0.249. The van der Waals surface area contributed by atoms with Gasteiger partial charge in [0.1, 0.15) is 18.2 Å². The molecule has 1 atom stereocenters. The van der Waals surface area contributed by atoms with Gasteiger partial charge >= 0.3 is 0 Å². The molecule has 2 nitrogen and oxygen atoms in total. The third kappa shape index (κ3) is 4.87. The van der Waals surface area contributed by atoms with E-state index in [9.17, 15) is 4.39 Å². The van der Waals surface area contributed by atoms with Gasteiger partial charge in [-0.3, -0.25) is 0 Å². The average molecular weight is 287 g/mol. The molecular formula is C18H22FNO. The molecule has 0 fully saturated rings. The van der Waals surface area contributed by atoms with Crippen molar-refractivity contribution in [1.29, 1.82) is 0 Å². The summed E-state index contributed by atoms with van der Waals surface area (Å²) in [6, 6.07) is 14.7. The molecule has 0 aliphatic heterocycles. The van der Waals surface area contributed by atoms with E-state index in [4.69, 9.17) is 4.74 Å². The maximum Gasteiger partial charge on any atom is 0.123 e. The van der Waals surface area contributed by atoms with Gasteiger partial charge in [0.25, 0.3) is 0 Å². The molecule has 1 N–H and O–H groups in total. The number of benzene rings is 2. The first-order valence-corrected chi connectivity index (χ1v) is 7.37. The highest BCUT2D eigenvalue weighted by molar-refractivity contribution is 5.25. The van der Waals surface area contributed by atoms with Crippen molar-refractivity contribution < 1.29 is 9.13 Å². The quantitative estimate of drug-likeness (QED) is 0.822. The fourth-order valence-corrected chi connectivity index (χ4v) is 2.10. The summed E-state index contributed by atoms with van der Waals surface area (Å²) < 4.78 is 18.7. The minimum absolute atomic E-state index is 0.135. The second-order valence-electron chi connectivity index (χ2n) is 5.18. The van der Waals surface area contributed by atoms with Gasteiger partial charge in [0.2, 0.25) is 0 Å². The highest BCUT2D eigenvalue weighted by Gasteiger charge is 2.11. The molecule has 0 aliphatic rings. The smallest absolute Gasteiger partial charge is 0.123 e. The van der Waals surface area contributed by atoms with Crippen LogP contribution in [0.3, 0.4) is 0 Å². The molecule has 0 bridgehead atoms. The van der Waals surface area contributed by atoms with Crippen molar-refractivity contribution in [2.45, 2.75) is 26.3 Å². The van der Waals surface area contributed by atoms with E-state index in [1.807, 2.05) is 0 Å². The van der Waals surface area contributed by atoms with Crippen molar-refractivity contribution >= 4 is 0 Å². The predicted octanol–water partition coefficient (Wildman–Crippen LogP) is 4.25. The van der Waals surface area contributed by atoms with E-state index >= 15 is 0 Å². The van der Waals surface area contributed by atoms with E-state index in [1.54, 1.807) is 12.1 Å². The standard InChI is InChI=1S/C18H22FNO/c1-3-12-20-18(15-6-4-14(2)5-7-15)13-21-17-10-8-16(19)9-11-17/h4-11,18,20H,3,12-13H2,1-2H3. The van der Waals surface area contributed by atoms with Gasteiger partial charge in [-0.2, -0.15) is 0 Å². The highest BCUT2D eigenvalue weighted by atomic mass is 19.1. The van der Waals surface area contributed by atoms with Crippen LogP contribution in [0.1, 0.15) is 30.5 Å². The SMILES string of the molecule is CCCNC(COc1ccc(F)cc1)c1ccc(C)cc1. The fourth-order valence-electron chi connectivity index (χ4n) is 2.10. The average Bonchev–Trinajstić information content (AvgIpc) is 2.50. The summed E-state index contributed by atoms with van der Waals surface area (Å²) in [7, 11) is 0. The Balaban J connectivity index is 2.02. The maximum absolute atomic E-state index is 12.9. The van der Waals surface area contributed by atoms with E-state index in [-0.39, 0.29) is 11.9 Å². The van der Waals surface area contributed by atoms with Crippen molar-refractivity contribution in [3.8, 4) is 5.75 Å². The number of ether oxygens (including phenoxy) is 1. The lowest BCUT2D eigenvalue weighted by Crippen LogP contribution is -2.27. The molecule has 0 aliphatic carbocycles. The Kier molecular flexibility index (Phi) is 5.76. The predicted molar refractivity (Wildman–Crippen MR) is 84.1 cm³/mol. The Bertz CT molecular complexity index is 536. The zero-order valence-corrected chi connectivity index (χ0v) is 12.6. The molecule has 0 saturated carbocycles.